The topological polar surface area (TPSA) is 55.6 Å². The average molecular weight is 187 g/mol. The predicted octanol–water partition coefficient (Wildman–Crippen LogP) is 1.66. The van der Waals surface area contributed by atoms with E-state index in [1.54, 1.807) is 30.3 Å². The summed E-state index contributed by atoms with van der Waals surface area (Å²) in [7, 11) is 0. The molecule has 2 N–H and O–H groups in total. The molecule has 0 spiro atoms. The molecule has 1 aromatic rings. The fourth-order valence-electron chi connectivity index (χ4n) is 0.764. The molecule has 1 aromatic carbocycles. The molecule has 5 heteroatoms. The molecule has 0 atom stereocenters. The number of hydrogen-bond acceptors (Lipinski definition) is 2. The van der Waals surface area contributed by atoms with Crippen LogP contribution in [0.2, 0.25) is 0 Å². The summed E-state index contributed by atoms with van der Waals surface area (Å²) in [5, 5.41) is 0.779. The zero-order valence-electron chi connectivity index (χ0n) is 6.11. The normalized spacial score (nSPS) is 9.42. The summed E-state index contributed by atoms with van der Waals surface area (Å²) in [6.45, 7) is 0. The van der Waals surface area contributed by atoms with Gasteiger partial charge in [-0.1, -0.05) is 18.2 Å². The summed E-state index contributed by atoms with van der Waals surface area (Å²) in [6, 6.07) is 7.80. The second-order valence-corrected chi connectivity index (χ2v) is 2.18. The Morgan fingerprint density at radius 3 is 2.42 bits per heavy atom. The van der Waals surface area contributed by atoms with Crippen molar-refractivity contribution in [2.24, 2.45) is 5.73 Å². The summed E-state index contributed by atoms with van der Waals surface area (Å²) in [4.78, 5) is 10.7. The van der Waals surface area contributed by atoms with Gasteiger partial charge in [-0.3, -0.25) is 0 Å². The van der Waals surface area contributed by atoms with Gasteiger partial charge in [0, 0.05) is 0 Å². The smallest absolute Gasteiger partial charge is 0.344 e. The lowest BCUT2D eigenvalue weighted by Gasteiger charge is -2.13. The van der Waals surface area contributed by atoms with Gasteiger partial charge in [-0.05, 0) is 12.1 Å². The number of primary amides is 1. The molecule has 0 saturated heterocycles. The Kier molecular flexibility index (Phi) is 2.90. The van der Waals surface area contributed by atoms with Gasteiger partial charge in [-0.2, -0.15) is 9.45 Å². The lowest BCUT2D eigenvalue weighted by molar-refractivity contribution is 0.227. The second kappa shape index (κ2) is 3.94. The van der Waals surface area contributed by atoms with Gasteiger partial charge in [0.15, 0.2) is 0 Å². The van der Waals surface area contributed by atoms with Crippen LogP contribution in [0.1, 0.15) is 0 Å². The molecule has 0 aromatic heterocycles. The molecule has 0 unspecified atom stereocenters. The van der Waals surface area contributed by atoms with Crippen molar-refractivity contribution in [1.82, 2.24) is 0 Å². The first-order valence-corrected chi connectivity index (χ1v) is 3.50. The third-order valence-electron chi connectivity index (χ3n) is 1.26. The number of amides is 2. The number of hydroxylamine groups is 1. The van der Waals surface area contributed by atoms with Crippen molar-refractivity contribution >= 4 is 23.6 Å². The van der Waals surface area contributed by atoms with Crippen LogP contribution in [-0.2, 0) is 4.39 Å². The number of benzene rings is 1. The molecular weight excluding hydrogens is 180 g/mol. The molecule has 0 aliphatic heterocycles. The first-order chi connectivity index (χ1) is 5.75. The molecule has 0 saturated carbocycles. The minimum atomic E-state index is -0.767. The molecule has 4 nitrogen and oxygen atoms in total. The maximum atomic E-state index is 10.7. The minimum absolute atomic E-state index is 0.486. The Morgan fingerprint density at radius 1 is 1.42 bits per heavy atom. The number of carbonyl (C=O) groups excluding carboxylic acids is 1. The fourth-order valence-corrected chi connectivity index (χ4v) is 0.912. The SMILES string of the molecule is NC(=O)N(OCl)c1ccccc1. The number of rotatable bonds is 2. The molecule has 12 heavy (non-hydrogen) atoms. The van der Waals surface area contributed by atoms with Gasteiger partial charge in [-0.15, -0.1) is 0 Å². The van der Waals surface area contributed by atoms with E-state index in [0.29, 0.717) is 5.69 Å². The van der Waals surface area contributed by atoms with Gasteiger partial charge < -0.3 is 5.73 Å². The largest absolute Gasteiger partial charge is 0.349 e. The summed E-state index contributed by atoms with van der Waals surface area (Å²) in [5.74, 6) is 0. The number of nitrogens with zero attached hydrogens (tertiary/aromatic N) is 1. The zero-order chi connectivity index (χ0) is 8.97. The predicted molar refractivity (Wildman–Crippen MR) is 45.4 cm³/mol. The Morgan fingerprint density at radius 2 is 2.00 bits per heavy atom. The van der Waals surface area contributed by atoms with Crippen LogP contribution in [0, 0.1) is 0 Å². The zero-order valence-corrected chi connectivity index (χ0v) is 6.86. The number of hydrogen-bond donors (Lipinski definition) is 1. The minimum Gasteiger partial charge on any atom is -0.349 e. The van der Waals surface area contributed by atoms with Crippen molar-refractivity contribution in [1.29, 1.82) is 0 Å². The molecule has 64 valence electrons. The summed E-state index contributed by atoms with van der Waals surface area (Å²) >= 11 is 5.02. The monoisotopic (exact) mass is 186 g/mol. The fraction of sp³-hybridized carbons (Fsp3) is 0. The highest BCUT2D eigenvalue weighted by atomic mass is 35.5. The van der Waals surface area contributed by atoms with E-state index in [9.17, 15) is 4.79 Å². The maximum absolute atomic E-state index is 10.7. The van der Waals surface area contributed by atoms with Crippen molar-refractivity contribution in [3.63, 3.8) is 0 Å². The van der Waals surface area contributed by atoms with E-state index in [1.165, 1.54) is 0 Å². The second-order valence-electron chi connectivity index (χ2n) is 2.04. The van der Waals surface area contributed by atoms with Gasteiger partial charge in [-0.25, -0.2) is 4.79 Å². The van der Waals surface area contributed by atoms with Crippen LogP contribution in [0.15, 0.2) is 30.3 Å². The number of anilines is 1. The highest BCUT2D eigenvalue weighted by Gasteiger charge is 2.11. The lowest BCUT2D eigenvalue weighted by Crippen LogP contribution is -2.33. The summed E-state index contributed by atoms with van der Waals surface area (Å²) < 4.78 is 4.23. The maximum Gasteiger partial charge on any atom is 0.344 e. The van der Waals surface area contributed by atoms with Gasteiger partial charge >= 0.3 is 6.03 Å². The van der Waals surface area contributed by atoms with Crippen LogP contribution < -0.4 is 10.8 Å². The van der Waals surface area contributed by atoms with E-state index in [2.05, 4.69) is 4.39 Å². The molecule has 0 aliphatic carbocycles. The van der Waals surface area contributed by atoms with Gasteiger partial charge in [0.2, 0.25) is 0 Å². The Hall–Kier alpha value is -1.26. The van der Waals surface area contributed by atoms with Crippen LogP contribution in [0.25, 0.3) is 0 Å². The summed E-state index contributed by atoms with van der Waals surface area (Å²) in [6.07, 6.45) is 0. The molecule has 0 heterocycles. The quantitative estimate of drug-likeness (QED) is 0.715. The van der Waals surface area contributed by atoms with Crippen LogP contribution >= 0.6 is 11.9 Å². The van der Waals surface area contributed by atoms with E-state index in [4.69, 9.17) is 17.6 Å². The van der Waals surface area contributed by atoms with E-state index < -0.39 is 6.03 Å². The van der Waals surface area contributed by atoms with E-state index in [0.717, 1.165) is 5.06 Å². The summed E-state index contributed by atoms with van der Waals surface area (Å²) in [5.41, 5.74) is 5.44. The molecule has 2 amide bonds. The third kappa shape index (κ3) is 1.87. The molecule has 0 aliphatic rings. The number of urea groups is 1. The Labute approximate surface area is 74.6 Å². The van der Waals surface area contributed by atoms with Crippen molar-refractivity contribution in [2.75, 3.05) is 5.06 Å². The van der Waals surface area contributed by atoms with Crippen molar-refractivity contribution < 1.29 is 9.18 Å². The number of para-hydroxylation sites is 1. The molecular formula is C7H7ClN2O2. The lowest BCUT2D eigenvalue weighted by atomic mass is 10.3. The molecule has 0 radical (unpaired) electrons. The van der Waals surface area contributed by atoms with Crippen molar-refractivity contribution in [2.45, 2.75) is 0 Å². The van der Waals surface area contributed by atoms with Gasteiger partial charge in [0.25, 0.3) is 0 Å². The highest BCUT2D eigenvalue weighted by Crippen LogP contribution is 2.13. The Bertz CT molecular complexity index is 265. The average Bonchev–Trinajstić information content (AvgIpc) is 2.07. The first-order valence-electron chi connectivity index (χ1n) is 3.19. The van der Waals surface area contributed by atoms with E-state index in [1.807, 2.05) is 0 Å². The van der Waals surface area contributed by atoms with Gasteiger partial charge in [0.1, 0.15) is 0 Å². The highest BCUT2D eigenvalue weighted by molar-refractivity contribution is 6.09. The van der Waals surface area contributed by atoms with E-state index >= 15 is 0 Å². The number of carbonyl (C=O) groups is 1. The number of halogens is 1. The van der Waals surface area contributed by atoms with Crippen LogP contribution in [0.3, 0.4) is 0 Å². The molecule has 0 bridgehead atoms. The van der Waals surface area contributed by atoms with Gasteiger partial charge in [0.05, 0.1) is 17.6 Å². The van der Waals surface area contributed by atoms with E-state index in [-0.39, 0.29) is 0 Å². The van der Waals surface area contributed by atoms with Crippen molar-refractivity contribution in [3.8, 4) is 0 Å². The third-order valence-corrected chi connectivity index (χ3v) is 1.40. The Balaban J connectivity index is 2.88. The first kappa shape index (κ1) is 8.83. The standard InChI is InChI=1S/C7H7ClN2O2/c8-12-10(7(9)11)6-4-2-1-3-5-6/h1-5H,(H2,9,11). The molecule has 1 rings (SSSR count). The van der Waals surface area contributed by atoms with Crippen molar-refractivity contribution in [3.05, 3.63) is 30.3 Å². The number of nitrogens with two attached hydrogens (primary N) is 1. The van der Waals surface area contributed by atoms with Crippen LogP contribution in [-0.4, -0.2) is 6.03 Å². The van der Waals surface area contributed by atoms with Crippen LogP contribution in [0.4, 0.5) is 10.5 Å². The molecule has 0 fully saturated rings. The van der Waals surface area contributed by atoms with Crippen LogP contribution in [0.5, 0.6) is 0 Å².